The summed E-state index contributed by atoms with van der Waals surface area (Å²) in [5.41, 5.74) is 2.23. The number of aromatic nitrogens is 1. The Morgan fingerprint density at radius 2 is 1.82 bits per heavy atom. The molecule has 1 aliphatic carbocycles. The molecule has 4 rings (SSSR count). The first-order valence-corrected chi connectivity index (χ1v) is 13.3. The minimum Gasteiger partial charge on any atom is -0.363 e. The highest BCUT2D eigenvalue weighted by molar-refractivity contribution is 7.89. The monoisotopic (exact) mass is 491 g/mol. The zero-order valence-corrected chi connectivity index (χ0v) is 20.8. The number of aryl methyl sites for hydroxylation is 2. The number of piperazine rings is 1. The maximum absolute atomic E-state index is 12.9. The van der Waals surface area contributed by atoms with E-state index in [0.29, 0.717) is 24.7 Å². The van der Waals surface area contributed by atoms with Crippen molar-refractivity contribution in [3.05, 3.63) is 45.3 Å². The quantitative estimate of drug-likeness (QED) is 0.462. The van der Waals surface area contributed by atoms with E-state index in [-0.39, 0.29) is 16.6 Å². The van der Waals surface area contributed by atoms with Crippen molar-refractivity contribution in [1.29, 1.82) is 0 Å². The Kier molecular flexibility index (Phi) is 7.25. The van der Waals surface area contributed by atoms with Gasteiger partial charge >= 0.3 is 0 Å². The van der Waals surface area contributed by atoms with Gasteiger partial charge in [-0.05, 0) is 57.6 Å². The number of nitrogens with zero attached hydrogens (tertiary/aromatic N) is 4. The number of nitro benzene ring substituents is 1. The van der Waals surface area contributed by atoms with E-state index in [1.54, 1.807) is 6.07 Å². The lowest BCUT2D eigenvalue weighted by atomic mass is 9.88. The molecule has 11 heteroatoms. The summed E-state index contributed by atoms with van der Waals surface area (Å²) in [7, 11) is -3.82. The third-order valence-corrected chi connectivity index (χ3v) is 8.59. The molecular formula is C23H33N5O5S. The lowest BCUT2D eigenvalue weighted by Gasteiger charge is -2.35. The smallest absolute Gasteiger partial charge is 0.293 e. The molecule has 34 heavy (non-hydrogen) atoms. The van der Waals surface area contributed by atoms with E-state index < -0.39 is 14.9 Å². The van der Waals surface area contributed by atoms with Crippen LogP contribution in [-0.2, 0) is 16.6 Å². The molecule has 2 aromatic rings. The van der Waals surface area contributed by atoms with Gasteiger partial charge in [-0.2, -0.15) is 0 Å². The van der Waals surface area contributed by atoms with Gasteiger partial charge in [-0.3, -0.25) is 15.0 Å². The molecule has 0 spiro atoms. The van der Waals surface area contributed by atoms with Crippen LogP contribution >= 0.6 is 0 Å². The maximum Gasteiger partial charge on any atom is 0.293 e. The van der Waals surface area contributed by atoms with Crippen molar-refractivity contribution in [2.45, 2.75) is 63.9 Å². The van der Waals surface area contributed by atoms with Crippen LogP contribution in [0.25, 0.3) is 0 Å². The molecule has 186 valence electrons. The first-order valence-electron chi connectivity index (χ1n) is 11.8. The fourth-order valence-electron chi connectivity index (χ4n) is 4.85. The number of anilines is 1. The SMILES string of the molecule is Cc1noc(C)c1CN1CCN(c2ccc(S(=O)(=O)NC3CCC(C)CC3)cc2[N+](=O)[O-])CC1. The highest BCUT2D eigenvalue weighted by Crippen LogP contribution is 2.32. The van der Waals surface area contributed by atoms with Gasteiger partial charge in [0.15, 0.2) is 0 Å². The van der Waals surface area contributed by atoms with Crippen LogP contribution in [0.15, 0.2) is 27.6 Å². The van der Waals surface area contributed by atoms with Crippen molar-refractivity contribution in [3.8, 4) is 0 Å². The van der Waals surface area contributed by atoms with Gasteiger partial charge in [0.25, 0.3) is 5.69 Å². The molecule has 1 N–H and O–H groups in total. The second-order valence-electron chi connectivity index (χ2n) is 9.55. The molecule has 1 aliphatic heterocycles. The first-order chi connectivity index (χ1) is 16.1. The lowest BCUT2D eigenvalue weighted by molar-refractivity contribution is -0.384. The minimum absolute atomic E-state index is 0.0568. The molecular weight excluding hydrogens is 458 g/mol. The van der Waals surface area contributed by atoms with Crippen LogP contribution in [0, 0.1) is 29.9 Å². The maximum atomic E-state index is 12.9. The van der Waals surface area contributed by atoms with Gasteiger partial charge in [-0.15, -0.1) is 0 Å². The molecule has 2 aliphatic rings. The standard InChI is InChI=1S/C23H33N5O5S/c1-16-4-6-19(7-5-16)25-34(31,32)20-8-9-22(23(14-20)28(29)30)27-12-10-26(11-13-27)15-21-17(2)24-33-18(21)3/h8-9,14,16,19,25H,4-7,10-13,15H2,1-3H3. The van der Waals surface area contributed by atoms with E-state index >= 15 is 0 Å². The molecule has 2 fully saturated rings. The van der Waals surface area contributed by atoms with E-state index in [0.717, 1.165) is 62.3 Å². The molecule has 1 saturated heterocycles. The number of benzene rings is 1. The highest BCUT2D eigenvalue weighted by atomic mass is 32.2. The van der Waals surface area contributed by atoms with Crippen molar-refractivity contribution in [1.82, 2.24) is 14.8 Å². The van der Waals surface area contributed by atoms with Crippen LogP contribution in [-0.4, -0.2) is 55.6 Å². The second kappa shape index (κ2) is 10.0. The van der Waals surface area contributed by atoms with Crippen molar-refractivity contribution in [3.63, 3.8) is 0 Å². The lowest BCUT2D eigenvalue weighted by Crippen LogP contribution is -2.46. The Labute approximate surface area is 200 Å². The van der Waals surface area contributed by atoms with Crippen molar-refractivity contribution < 1.29 is 17.9 Å². The molecule has 0 unspecified atom stereocenters. The fraction of sp³-hybridized carbons (Fsp3) is 0.609. The normalized spacial score (nSPS) is 22.1. The van der Waals surface area contributed by atoms with Crippen molar-refractivity contribution >= 4 is 21.4 Å². The van der Waals surface area contributed by atoms with Gasteiger partial charge in [0.1, 0.15) is 11.4 Å². The van der Waals surface area contributed by atoms with Gasteiger partial charge < -0.3 is 9.42 Å². The van der Waals surface area contributed by atoms with Crippen LogP contribution in [0.2, 0.25) is 0 Å². The number of hydrogen-bond acceptors (Lipinski definition) is 8. The summed E-state index contributed by atoms with van der Waals surface area (Å²) in [4.78, 5) is 15.5. The van der Waals surface area contributed by atoms with Crippen molar-refractivity contribution in [2.24, 2.45) is 5.92 Å². The largest absolute Gasteiger partial charge is 0.363 e. The van der Waals surface area contributed by atoms with Crippen LogP contribution in [0.1, 0.15) is 49.6 Å². The predicted octanol–water partition coefficient (Wildman–Crippen LogP) is 3.38. The Bertz CT molecular complexity index is 1110. The zero-order valence-electron chi connectivity index (χ0n) is 20.0. The summed E-state index contributed by atoms with van der Waals surface area (Å²) in [6.45, 7) is 9.37. The second-order valence-corrected chi connectivity index (χ2v) is 11.3. The molecule has 1 aromatic heterocycles. The topological polar surface area (TPSA) is 122 Å². The average Bonchev–Trinajstić information content (AvgIpc) is 3.12. The molecule has 0 radical (unpaired) electrons. The fourth-order valence-corrected chi connectivity index (χ4v) is 6.17. The highest BCUT2D eigenvalue weighted by Gasteiger charge is 2.29. The predicted molar refractivity (Wildman–Crippen MR) is 128 cm³/mol. The summed E-state index contributed by atoms with van der Waals surface area (Å²) in [5, 5.41) is 15.9. The van der Waals surface area contributed by atoms with Gasteiger partial charge in [0.2, 0.25) is 10.0 Å². The molecule has 2 heterocycles. The van der Waals surface area contributed by atoms with E-state index in [2.05, 4.69) is 21.7 Å². The Hall–Kier alpha value is -2.50. The Balaban J connectivity index is 1.45. The van der Waals surface area contributed by atoms with Crippen LogP contribution in [0.3, 0.4) is 0 Å². The molecule has 0 bridgehead atoms. The van der Waals surface area contributed by atoms with E-state index in [4.69, 9.17) is 4.52 Å². The van der Waals surface area contributed by atoms with Gasteiger partial charge in [0.05, 0.1) is 15.5 Å². The molecule has 0 atom stereocenters. The molecule has 1 saturated carbocycles. The van der Waals surface area contributed by atoms with Crippen LogP contribution < -0.4 is 9.62 Å². The zero-order chi connectivity index (χ0) is 24.5. The number of rotatable bonds is 7. The van der Waals surface area contributed by atoms with Gasteiger partial charge in [-0.25, -0.2) is 13.1 Å². The number of nitrogens with one attached hydrogen (secondary N) is 1. The Morgan fingerprint density at radius 3 is 2.41 bits per heavy atom. The summed E-state index contributed by atoms with van der Waals surface area (Å²) in [6, 6.07) is 4.12. The van der Waals surface area contributed by atoms with E-state index in [1.807, 2.05) is 18.7 Å². The number of sulfonamides is 1. The molecule has 0 amide bonds. The first kappa shape index (κ1) is 24.6. The summed E-state index contributed by atoms with van der Waals surface area (Å²) < 4.78 is 33.8. The summed E-state index contributed by atoms with van der Waals surface area (Å²) in [5.74, 6) is 1.41. The minimum atomic E-state index is -3.82. The van der Waals surface area contributed by atoms with Gasteiger partial charge in [0, 0.05) is 50.4 Å². The third-order valence-electron chi connectivity index (χ3n) is 7.07. The average molecular weight is 492 g/mol. The number of hydrogen-bond donors (Lipinski definition) is 1. The van der Waals surface area contributed by atoms with Gasteiger partial charge in [-0.1, -0.05) is 12.1 Å². The van der Waals surface area contributed by atoms with E-state index in [9.17, 15) is 18.5 Å². The third kappa shape index (κ3) is 5.42. The summed E-state index contributed by atoms with van der Waals surface area (Å²) in [6.07, 6.45) is 3.54. The number of nitro groups is 1. The Morgan fingerprint density at radius 1 is 1.15 bits per heavy atom. The van der Waals surface area contributed by atoms with Crippen LogP contribution in [0.4, 0.5) is 11.4 Å². The summed E-state index contributed by atoms with van der Waals surface area (Å²) >= 11 is 0. The molecule has 10 nitrogen and oxygen atoms in total. The van der Waals surface area contributed by atoms with Crippen LogP contribution in [0.5, 0.6) is 0 Å². The van der Waals surface area contributed by atoms with E-state index in [1.165, 1.54) is 12.1 Å². The molecule has 1 aromatic carbocycles. The van der Waals surface area contributed by atoms with Crippen molar-refractivity contribution in [2.75, 3.05) is 31.1 Å².